The van der Waals surface area contributed by atoms with Crippen LogP contribution in [0.15, 0.2) is 35.6 Å². The van der Waals surface area contributed by atoms with Crippen molar-refractivity contribution < 1.29 is 9.13 Å². The van der Waals surface area contributed by atoms with Crippen LogP contribution in [0, 0.1) is 5.82 Å². The van der Waals surface area contributed by atoms with Crippen LogP contribution >= 0.6 is 0 Å². The SMILES string of the molecule is CCNC(=NCC(c1cnn(C)c1)N(C)C)NC(C)c1ccc(OC)c(F)c1. The minimum atomic E-state index is -0.375. The fourth-order valence-corrected chi connectivity index (χ4v) is 2.92. The first-order valence-corrected chi connectivity index (χ1v) is 9.39. The lowest BCUT2D eigenvalue weighted by molar-refractivity contribution is 0.306. The van der Waals surface area contributed by atoms with E-state index in [0.29, 0.717) is 12.5 Å². The molecule has 0 saturated carbocycles. The number of aryl methyl sites for hydroxylation is 1. The molecule has 1 aromatic heterocycles. The summed E-state index contributed by atoms with van der Waals surface area (Å²) in [5.41, 5.74) is 1.93. The lowest BCUT2D eigenvalue weighted by Crippen LogP contribution is -2.39. The van der Waals surface area contributed by atoms with E-state index in [4.69, 9.17) is 9.73 Å². The third kappa shape index (κ3) is 5.69. The maximum atomic E-state index is 14.0. The summed E-state index contributed by atoms with van der Waals surface area (Å²) < 4.78 is 20.8. The van der Waals surface area contributed by atoms with Gasteiger partial charge in [-0.3, -0.25) is 9.67 Å². The van der Waals surface area contributed by atoms with E-state index in [2.05, 4.69) is 20.6 Å². The number of hydrogen-bond donors (Lipinski definition) is 2. The van der Waals surface area contributed by atoms with Gasteiger partial charge in [-0.2, -0.15) is 5.10 Å². The van der Waals surface area contributed by atoms with Crippen LogP contribution in [0.1, 0.15) is 37.1 Å². The molecule has 0 spiro atoms. The van der Waals surface area contributed by atoms with Crippen LogP contribution in [0.2, 0.25) is 0 Å². The number of methoxy groups -OCH3 is 1. The molecule has 0 aliphatic rings. The van der Waals surface area contributed by atoms with Crippen molar-refractivity contribution in [3.63, 3.8) is 0 Å². The molecule has 1 heterocycles. The molecule has 7 nitrogen and oxygen atoms in total. The standard InChI is InChI=1S/C20H31FN6O/c1-7-22-20(23-12-18(26(3)4)16-11-24-27(5)13-16)25-14(2)15-8-9-19(28-6)17(21)10-15/h8-11,13-14,18H,7,12H2,1-6H3,(H2,22,23,25). The quantitative estimate of drug-likeness (QED) is 0.536. The Bertz CT molecular complexity index is 789. The second-order valence-corrected chi connectivity index (χ2v) is 6.91. The molecular formula is C20H31FN6O. The summed E-state index contributed by atoms with van der Waals surface area (Å²) in [6, 6.07) is 4.96. The molecule has 0 fully saturated rings. The minimum Gasteiger partial charge on any atom is -0.494 e. The van der Waals surface area contributed by atoms with Gasteiger partial charge in [-0.1, -0.05) is 6.07 Å². The van der Waals surface area contributed by atoms with Gasteiger partial charge in [-0.05, 0) is 45.6 Å². The van der Waals surface area contributed by atoms with Crippen molar-refractivity contribution in [2.45, 2.75) is 25.9 Å². The van der Waals surface area contributed by atoms with Gasteiger partial charge in [0.15, 0.2) is 17.5 Å². The van der Waals surface area contributed by atoms with Gasteiger partial charge in [0.05, 0.1) is 31.9 Å². The number of benzene rings is 1. The van der Waals surface area contributed by atoms with E-state index >= 15 is 0 Å². The second kappa shape index (κ2) is 10.1. The molecule has 0 aliphatic heterocycles. The molecular weight excluding hydrogens is 359 g/mol. The topological polar surface area (TPSA) is 66.7 Å². The number of nitrogens with zero attached hydrogens (tertiary/aromatic N) is 4. The third-order valence-corrected chi connectivity index (χ3v) is 4.53. The minimum absolute atomic E-state index is 0.109. The average Bonchev–Trinajstić information content (AvgIpc) is 3.07. The molecule has 0 amide bonds. The van der Waals surface area contributed by atoms with Crippen molar-refractivity contribution in [3.05, 3.63) is 47.5 Å². The van der Waals surface area contributed by atoms with Crippen LogP contribution < -0.4 is 15.4 Å². The Morgan fingerprint density at radius 3 is 2.64 bits per heavy atom. The van der Waals surface area contributed by atoms with Gasteiger partial charge < -0.3 is 20.3 Å². The molecule has 1 aromatic carbocycles. The Kier molecular flexibility index (Phi) is 7.80. The second-order valence-electron chi connectivity index (χ2n) is 6.91. The largest absolute Gasteiger partial charge is 0.494 e. The third-order valence-electron chi connectivity index (χ3n) is 4.53. The van der Waals surface area contributed by atoms with Gasteiger partial charge in [-0.25, -0.2) is 4.39 Å². The summed E-state index contributed by atoms with van der Waals surface area (Å²) in [6.07, 6.45) is 3.87. The highest BCUT2D eigenvalue weighted by Gasteiger charge is 2.17. The number of rotatable bonds is 8. The van der Waals surface area contributed by atoms with E-state index in [9.17, 15) is 4.39 Å². The molecule has 8 heteroatoms. The van der Waals surface area contributed by atoms with Crippen molar-refractivity contribution >= 4 is 5.96 Å². The lowest BCUT2D eigenvalue weighted by atomic mass is 10.1. The van der Waals surface area contributed by atoms with Gasteiger partial charge in [0, 0.05) is 25.4 Å². The number of halogens is 1. The van der Waals surface area contributed by atoms with Crippen molar-refractivity contribution in [2.24, 2.45) is 12.0 Å². The molecule has 154 valence electrons. The Morgan fingerprint density at radius 2 is 2.11 bits per heavy atom. The fraction of sp³-hybridized carbons (Fsp3) is 0.500. The van der Waals surface area contributed by atoms with E-state index < -0.39 is 0 Å². The molecule has 0 aliphatic carbocycles. The van der Waals surface area contributed by atoms with Gasteiger partial charge in [0.2, 0.25) is 0 Å². The monoisotopic (exact) mass is 390 g/mol. The molecule has 2 atom stereocenters. The first kappa shape index (κ1) is 21.7. The summed E-state index contributed by atoms with van der Waals surface area (Å²) in [5.74, 6) is 0.545. The predicted octanol–water partition coefficient (Wildman–Crippen LogP) is 2.49. The van der Waals surface area contributed by atoms with Crippen LogP contribution in [0.5, 0.6) is 5.75 Å². The summed E-state index contributed by atoms with van der Waals surface area (Å²) in [4.78, 5) is 6.86. The number of aliphatic imine (C=N–C) groups is 1. The van der Waals surface area contributed by atoms with Crippen LogP contribution in [-0.4, -0.2) is 54.9 Å². The Labute approximate surface area is 166 Å². The molecule has 0 saturated heterocycles. The molecule has 28 heavy (non-hydrogen) atoms. The molecule has 0 bridgehead atoms. The van der Waals surface area contributed by atoms with Gasteiger partial charge >= 0.3 is 0 Å². The Balaban J connectivity index is 2.13. The van der Waals surface area contributed by atoms with Crippen LogP contribution in [0.3, 0.4) is 0 Å². The molecule has 2 N–H and O–H groups in total. The zero-order valence-corrected chi connectivity index (χ0v) is 17.5. The smallest absolute Gasteiger partial charge is 0.191 e. The normalized spacial score (nSPS) is 14.1. The molecule has 0 radical (unpaired) electrons. The Morgan fingerprint density at radius 1 is 1.36 bits per heavy atom. The summed E-state index contributed by atoms with van der Waals surface area (Å²) in [6.45, 7) is 5.28. The maximum Gasteiger partial charge on any atom is 0.191 e. The van der Waals surface area contributed by atoms with Crippen molar-refractivity contribution in [1.82, 2.24) is 25.3 Å². The lowest BCUT2D eigenvalue weighted by Gasteiger charge is -2.23. The highest BCUT2D eigenvalue weighted by Crippen LogP contribution is 2.22. The number of hydrogen-bond acceptors (Lipinski definition) is 4. The van der Waals surface area contributed by atoms with Crippen molar-refractivity contribution in [1.29, 1.82) is 0 Å². The van der Waals surface area contributed by atoms with E-state index in [0.717, 1.165) is 17.7 Å². The number of guanidine groups is 1. The number of likely N-dealkylation sites (N-methyl/N-ethyl adjacent to an activating group) is 1. The molecule has 2 unspecified atom stereocenters. The maximum absolute atomic E-state index is 14.0. The molecule has 2 rings (SSSR count). The van der Waals surface area contributed by atoms with Crippen molar-refractivity contribution in [2.75, 3.05) is 34.3 Å². The number of nitrogens with one attached hydrogen (secondary N) is 2. The fourth-order valence-electron chi connectivity index (χ4n) is 2.92. The molecule has 2 aromatic rings. The summed E-state index contributed by atoms with van der Waals surface area (Å²) in [7, 11) is 7.41. The van der Waals surface area contributed by atoms with Gasteiger partial charge in [0.1, 0.15) is 0 Å². The zero-order chi connectivity index (χ0) is 20.7. The first-order chi connectivity index (χ1) is 13.3. The highest BCUT2D eigenvalue weighted by molar-refractivity contribution is 5.80. The number of aromatic nitrogens is 2. The average molecular weight is 391 g/mol. The summed E-state index contributed by atoms with van der Waals surface area (Å²) in [5, 5.41) is 10.9. The van der Waals surface area contributed by atoms with Crippen molar-refractivity contribution in [3.8, 4) is 5.75 Å². The van der Waals surface area contributed by atoms with Crippen LogP contribution in [0.25, 0.3) is 0 Å². The van der Waals surface area contributed by atoms with E-state index in [1.54, 1.807) is 10.7 Å². The number of ether oxygens (including phenoxy) is 1. The van der Waals surface area contributed by atoms with Gasteiger partial charge in [0.25, 0.3) is 0 Å². The van der Waals surface area contributed by atoms with Crippen LogP contribution in [-0.2, 0) is 7.05 Å². The zero-order valence-electron chi connectivity index (χ0n) is 17.5. The Hall–Kier alpha value is -2.61. The highest BCUT2D eigenvalue weighted by atomic mass is 19.1. The van der Waals surface area contributed by atoms with Crippen LogP contribution in [0.4, 0.5) is 4.39 Å². The predicted molar refractivity (Wildman–Crippen MR) is 110 cm³/mol. The van der Waals surface area contributed by atoms with E-state index in [1.165, 1.54) is 13.2 Å². The van der Waals surface area contributed by atoms with Gasteiger partial charge in [-0.15, -0.1) is 0 Å². The first-order valence-electron chi connectivity index (χ1n) is 9.39. The van der Waals surface area contributed by atoms with E-state index in [1.807, 2.05) is 53.5 Å². The summed E-state index contributed by atoms with van der Waals surface area (Å²) >= 11 is 0. The van der Waals surface area contributed by atoms with E-state index in [-0.39, 0.29) is 23.7 Å².